The number of ether oxygens (including phenoxy) is 1. The molecule has 0 N–H and O–H groups in total. The smallest absolute Gasteiger partial charge is 0.305 e. The number of esters is 1. The first-order valence-corrected chi connectivity index (χ1v) is 4.05. The van der Waals surface area contributed by atoms with E-state index in [4.69, 9.17) is 0 Å². The molecule has 64 valence electrons. The quantitative estimate of drug-likeness (QED) is 0.443. The molecule has 0 bridgehead atoms. The molecule has 1 aliphatic rings. The van der Waals surface area contributed by atoms with Crippen molar-refractivity contribution in [1.29, 1.82) is 0 Å². The maximum atomic E-state index is 10.7. The molecule has 3 heteroatoms. The summed E-state index contributed by atoms with van der Waals surface area (Å²) in [7, 11) is 1.43. The van der Waals surface area contributed by atoms with Gasteiger partial charge in [0, 0.05) is 19.0 Å². The predicted octanol–water partition coefficient (Wildman–Crippen LogP) is 0.644. The van der Waals surface area contributed by atoms with Gasteiger partial charge in [0.1, 0.15) is 0 Å². The summed E-state index contributed by atoms with van der Waals surface area (Å²) in [6.45, 7) is 4.43. The molecule has 1 fully saturated rings. The standard InChI is InChI=1S/C8H15NO2/c1-7-6-9(7)5-3-4-8(10)11-2/h7H,3-6H2,1-2H3. The fourth-order valence-corrected chi connectivity index (χ4v) is 1.13. The van der Waals surface area contributed by atoms with E-state index in [1.807, 2.05) is 0 Å². The van der Waals surface area contributed by atoms with Crippen molar-refractivity contribution in [2.75, 3.05) is 20.2 Å². The maximum Gasteiger partial charge on any atom is 0.305 e. The molecule has 0 amide bonds. The first-order valence-electron chi connectivity index (χ1n) is 4.05. The highest BCUT2D eigenvalue weighted by Crippen LogP contribution is 2.16. The Morgan fingerprint density at radius 3 is 2.82 bits per heavy atom. The van der Waals surface area contributed by atoms with Crippen LogP contribution in [-0.2, 0) is 9.53 Å². The van der Waals surface area contributed by atoms with E-state index in [1.165, 1.54) is 13.7 Å². The highest BCUT2D eigenvalue weighted by molar-refractivity contribution is 5.69. The summed E-state index contributed by atoms with van der Waals surface area (Å²) < 4.78 is 4.52. The Labute approximate surface area is 67.3 Å². The minimum Gasteiger partial charge on any atom is -0.469 e. The minimum atomic E-state index is -0.0977. The molecule has 3 nitrogen and oxygen atoms in total. The third kappa shape index (κ3) is 2.89. The lowest BCUT2D eigenvalue weighted by atomic mass is 10.3. The first-order chi connectivity index (χ1) is 5.24. The van der Waals surface area contributed by atoms with E-state index in [-0.39, 0.29) is 5.97 Å². The highest BCUT2D eigenvalue weighted by atomic mass is 16.5. The summed E-state index contributed by atoms with van der Waals surface area (Å²) in [6, 6.07) is 0.743. The Bertz CT molecular complexity index is 147. The average molecular weight is 157 g/mol. The van der Waals surface area contributed by atoms with Crippen molar-refractivity contribution in [3.63, 3.8) is 0 Å². The number of rotatable bonds is 4. The maximum absolute atomic E-state index is 10.7. The Balaban J connectivity index is 1.92. The van der Waals surface area contributed by atoms with E-state index in [2.05, 4.69) is 16.6 Å². The van der Waals surface area contributed by atoms with E-state index in [1.54, 1.807) is 0 Å². The molecule has 1 aliphatic heterocycles. The summed E-state index contributed by atoms with van der Waals surface area (Å²) in [5.74, 6) is -0.0977. The van der Waals surface area contributed by atoms with Crippen LogP contribution in [0.1, 0.15) is 19.8 Å². The molecule has 0 aromatic rings. The molecule has 0 aliphatic carbocycles. The van der Waals surface area contributed by atoms with E-state index in [0.29, 0.717) is 6.42 Å². The molecule has 0 radical (unpaired) electrons. The monoisotopic (exact) mass is 157 g/mol. The topological polar surface area (TPSA) is 29.3 Å². The number of hydrogen-bond acceptors (Lipinski definition) is 3. The van der Waals surface area contributed by atoms with Gasteiger partial charge in [0.2, 0.25) is 0 Å². The second-order valence-corrected chi connectivity index (χ2v) is 3.02. The zero-order valence-electron chi connectivity index (χ0n) is 7.17. The molecule has 2 unspecified atom stereocenters. The Morgan fingerprint density at radius 1 is 1.73 bits per heavy atom. The third-order valence-electron chi connectivity index (χ3n) is 2.04. The van der Waals surface area contributed by atoms with Crippen molar-refractivity contribution < 1.29 is 9.53 Å². The summed E-state index contributed by atoms with van der Waals surface area (Å²) in [4.78, 5) is 13.0. The number of hydrogen-bond donors (Lipinski definition) is 0. The van der Waals surface area contributed by atoms with Gasteiger partial charge in [-0.15, -0.1) is 0 Å². The van der Waals surface area contributed by atoms with Gasteiger partial charge in [-0.1, -0.05) is 0 Å². The van der Waals surface area contributed by atoms with Gasteiger partial charge in [0.25, 0.3) is 0 Å². The lowest BCUT2D eigenvalue weighted by Gasteiger charge is -2.00. The van der Waals surface area contributed by atoms with Crippen LogP contribution in [0.4, 0.5) is 0 Å². The third-order valence-corrected chi connectivity index (χ3v) is 2.04. The molecule has 11 heavy (non-hydrogen) atoms. The van der Waals surface area contributed by atoms with Crippen LogP contribution in [-0.4, -0.2) is 37.1 Å². The van der Waals surface area contributed by atoms with Crippen LogP contribution in [0.15, 0.2) is 0 Å². The molecule has 0 aromatic carbocycles. The van der Waals surface area contributed by atoms with Crippen molar-refractivity contribution in [2.24, 2.45) is 0 Å². The second kappa shape index (κ2) is 3.72. The molecule has 1 rings (SSSR count). The fourth-order valence-electron chi connectivity index (χ4n) is 1.13. The van der Waals surface area contributed by atoms with Crippen molar-refractivity contribution in [3.8, 4) is 0 Å². The first kappa shape index (κ1) is 8.53. The number of nitrogens with zero attached hydrogens (tertiary/aromatic N) is 1. The molecule has 2 atom stereocenters. The van der Waals surface area contributed by atoms with Gasteiger partial charge in [0.15, 0.2) is 0 Å². The van der Waals surface area contributed by atoms with Crippen molar-refractivity contribution >= 4 is 5.97 Å². The van der Waals surface area contributed by atoms with Gasteiger partial charge in [-0.05, 0) is 19.9 Å². The van der Waals surface area contributed by atoms with E-state index < -0.39 is 0 Å². The largest absolute Gasteiger partial charge is 0.469 e. The highest BCUT2D eigenvalue weighted by Gasteiger charge is 2.27. The Morgan fingerprint density at radius 2 is 2.36 bits per heavy atom. The van der Waals surface area contributed by atoms with Crippen LogP contribution in [0.25, 0.3) is 0 Å². The lowest BCUT2D eigenvalue weighted by molar-refractivity contribution is -0.140. The Kier molecular flexibility index (Phi) is 2.88. The summed E-state index contributed by atoms with van der Waals surface area (Å²) in [5, 5.41) is 0. The molecule has 1 saturated heterocycles. The number of carbonyl (C=O) groups is 1. The van der Waals surface area contributed by atoms with Crippen LogP contribution in [0.3, 0.4) is 0 Å². The van der Waals surface area contributed by atoms with Crippen LogP contribution < -0.4 is 0 Å². The second-order valence-electron chi connectivity index (χ2n) is 3.02. The average Bonchev–Trinajstić information content (AvgIpc) is 2.66. The van der Waals surface area contributed by atoms with E-state index >= 15 is 0 Å². The van der Waals surface area contributed by atoms with Crippen LogP contribution in [0.5, 0.6) is 0 Å². The van der Waals surface area contributed by atoms with Crippen LogP contribution in [0, 0.1) is 0 Å². The number of carbonyl (C=O) groups excluding carboxylic acids is 1. The van der Waals surface area contributed by atoms with Gasteiger partial charge in [0.05, 0.1) is 7.11 Å². The molecule has 0 aromatic heterocycles. The lowest BCUT2D eigenvalue weighted by Crippen LogP contribution is -2.06. The summed E-state index contributed by atoms with van der Waals surface area (Å²) >= 11 is 0. The van der Waals surface area contributed by atoms with Gasteiger partial charge in [-0.3, -0.25) is 9.69 Å². The molecule has 0 spiro atoms. The minimum absolute atomic E-state index is 0.0977. The molecule has 1 heterocycles. The fraction of sp³-hybridized carbons (Fsp3) is 0.875. The van der Waals surface area contributed by atoms with Crippen molar-refractivity contribution in [1.82, 2.24) is 4.90 Å². The van der Waals surface area contributed by atoms with E-state index in [0.717, 1.165) is 19.0 Å². The van der Waals surface area contributed by atoms with Gasteiger partial charge >= 0.3 is 5.97 Å². The molecular weight excluding hydrogens is 142 g/mol. The number of methoxy groups -OCH3 is 1. The van der Waals surface area contributed by atoms with Gasteiger partial charge in [-0.2, -0.15) is 0 Å². The van der Waals surface area contributed by atoms with E-state index in [9.17, 15) is 4.79 Å². The summed E-state index contributed by atoms with van der Waals surface area (Å²) in [5.41, 5.74) is 0. The SMILES string of the molecule is COC(=O)CCCN1CC1C. The molecular formula is C8H15NO2. The van der Waals surface area contributed by atoms with Crippen molar-refractivity contribution in [3.05, 3.63) is 0 Å². The van der Waals surface area contributed by atoms with Crippen LogP contribution >= 0.6 is 0 Å². The summed E-state index contributed by atoms with van der Waals surface area (Å²) in [6.07, 6.45) is 1.48. The van der Waals surface area contributed by atoms with Gasteiger partial charge < -0.3 is 4.74 Å². The zero-order chi connectivity index (χ0) is 8.27. The van der Waals surface area contributed by atoms with Crippen LogP contribution in [0.2, 0.25) is 0 Å². The van der Waals surface area contributed by atoms with Crippen molar-refractivity contribution in [2.45, 2.75) is 25.8 Å². The molecule has 0 saturated carbocycles. The Hall–Kier alpha value is -0.570. The van der Waals surface area contributed by atoms with Gasteiger partial charge in [-0.25, -0.2) is 0 Å². The predicted molar refractivity (Wildman–Crippen MR) is 42.3 cm³/mol. The zero-order valence-corrected chi connectivity index (χ0v) is 7.17. The normalized spacial score (nSPS) is 28.2.